The third-order valence-electron chi connectivity index (χ3n) is 5.42. The maximum absolute atomic E-state index is 12.1. The lowest BCUT2D eigenvalue weighted by molar-refractivity contribution is -0.880. The zero-order valence-electron chi connectivity index (χ0n) is 16.4. The summed E-state index contributed by atoms with van der Waals surface area (Å²) < 4.78 is 4.95. The number of amides is 1. The number of carbonyl (C=O) groups excluding carboxylic acids is 2. The summed E-state index contributed by atoms with van der Waals surface area (Å²) in [7, 11) is 3.66. The van der Waals surface area contributed by atoms with Crippen molar-refractivity contribution < 1.29 is 24.3 Å². The van der Waals surface area contributed by atoms with Crippen LogP contribution >= 0.6 is 0 Å². The van der Waals surface area contributed by atoms with E-state index in [9.17, 15) is 14.7 Å². The number of aliphatic carboxylic acids is 1. The van der Waals surface area contributed by atoms with Gasteiger partial charge in [-0.3, -0.25) is 9.78 Å². The van der Waals surface area contributed by atoms with Crippen LogP contribution in [0.4, 0.5) is 0 Å². The lowest BCUT2D eigenvalue weighted by Crippen LogP contribution is -3.09. The highest BCUT2D eigenvalue weighted by atomic mass is 16.5. The van der Waals surface area contributed by atoms with Crippen molar-refractivity contribution in [3.8, 4) is 0 Å². The number of carboxylic acids is 1. The fraction of sp³-hybridized carbons (Fsp3) is 0.650. The first-order valence-corrected chi connectivity index (χ1v) is 9.67. The van der Waals surface area contributed by atoms with Crippen molar-refractivity contribution in [2.45, 2.75) is 25.7 Å². The van der Waals surface area contributed by atoms with Crippen LogP contribution in [0.2, 0.25) is 0 Å². The fourth-order valence-electron chi connectivity index (χ4n) is 3.78. The summed E-state index contributed by atoms with van der Waals surface area (Å²) in [4.78, 5) is 30.8. The molecule has 27 heavy (non-hydrogen) atoms. The molecule has 1 aromatic heterocycles. The molecule has 0 saturated carbocycles. The van der Waals surface area contributed by atoms with E-state index in [-0.39, 0.29) is 30.8 Å². The largest absolute Gasteiger partial charge is 0.550 e. The van der Waals surface area contributed by atoms with E-state index in [1.54, 1.807) is 0 Å². The van der Waals surface area contributed by atoms with E-state index in [1.165, 1.54) is 12.0 Å². The lowest BCUT2D eigenvalue weighted by atomic mass is 9.81. The predicted molar refractivity (Wildman–Crippen MR) is 98.9 cm³/mol. The maximum Gasteiger partial charge on any atom is 0.248 e. The molecule has 1 aromatic rings. The summed E-state index contributed by atoms with van der Waals surface area (Å²) >= 11 is 0. The Bertz CT molecular complexity index is 596. The van der Waals surface area contributed by atoms with Gasteiger partial charge in [0.2, 0.25) is 5.91 Å². The molecular weight excluding hydrogens is 346 g/mol. The topological polar surface area (TPSA) is 87.0 Å². The van der Waals surface area contributed by atoms with Gasteiger partial charge in [0.05, 0.1) is 20.1 Å². The van der Waals surface area contributed by atoms with Gasteiger partial charge in [-0.2, -0.15) is 0 Å². The zero-order chi connectivity index (χ0) is 19.6. The van der Waals surface area contributed by atoms with Crippen molar-refractivity contribution >= 4 is 11.9 Å². The smallest absolute Gasteiger partial charge is 0.248 e. The molecule has 0 bridgehead atoms. The van der Waals surface area contributed by atoms with Crippen LogP contribution in [0.25, 0.3) is 0 Å². The molecule has 1 unspecified atom stereocenters. The van der Waals surface area contributed by atoms with Crippen LogP contribution in [-0.2, 0) is 20.7 Å². The molecule has 2 heterocycles. The number of methoxy groups -OCH3 is 1. The Morgan fingerprint density at radius 3 is 2.81 bits per heavy atom. The minimum atomic E-state index is -1.00. The van der Waals surface area contributed by atoms with Gasteiger partial charge in [-0.15, -0.1) is 0 Å². The van der Waals surface area contributed by atoms with Crippen LogP contribution in [-0.4, -0.2) is 68.7 Å². The normalized spacial score (nSPS) is 21.0. The Morgan fingerprint density at radius 2 is 2.15 bits per heavy atom. The quantitative estimate of drug-likeness (QED) is 0.552. The van der Waals surface area contributed by atoms with Crippen molar-refractivity contribution in [3.63, 3.8) is 0 Å². The summed E-state index contributed by atoms with van der Waals surface area (Å²) in [6.45, 7) is 3.19. The molecule has 7 nitrogen and oxygen atoms in total. The first kappa shape index (κ1) is 21.3. The maximum atomic E-state index is 12.1. The lowest BCUT2D eigenvalue weighted by Gasteiger charge is -2.39. The molecule has 1 N–H and O–H groups in total. The molecule has 0 spiro atoms. The molecule has 0 aromatic carbocycles. The second-order valence-electron chi connectivity index (χ2n) is 7.47. The Labute approximate surface area is 161 Å². The summed E-state index contributed by atoms with van der Waals surface area (Å²) in [6, 6.07) is 5.94. The molecule has 1 fully saturated rings. The summed E-state index contributed by atoms with van der Waals surface area (Å²) in [5, 5.41) is 11.1. The van der Waals surface area contributed by atoms with Gasteiger partial charge >= 0.3 is 0 Å². The number of carboxylic acid groups (broad SMARTS) is 1. The molecule has 1 saturated heterocycles. The van der Waals surface area contributed by atoms with Crippen LogP contribution in [0.15, 0.2) is 24.4 Å². The number of piperidine rings is 1. The molecule has 0 radical (unpaired) electrons. The number of hydrogen-bond acceptors (Lipinski definition) is 5. The first-order valence-electron chi connectivity index (χ1n) is 9.67. The standard InChI is InChI=1S/C20H31N3O4/c1-22(11-8-18-5-3-4-9-21-18)10-6-17-14-23(19(24)15-27-2)12-7-16(17)13-20(25)26/h3-5,9,16-17H,6-8,10-15H2,1-2H3,(H,25,26)/t16-,17-/m0/s1. The van der Waals surface area contributed by atoms with E-state index in [4.69, 9.17) is 4.74 Å². The number of pyridine rings is 1. The number of rotatable bonds is 10. The van der Waals surface area contributed by atoms with E-state index < -0.39 is 5.97 Å². The molecular formula is C20H31N3O4. The number of hydrogen-bond donors (Lipinski definition) is 1. The Balaban J connectivity index is 1.85. The number of likely N-dealkylation sites (tertiary alicyclic amines) is 1. The minimum absolute atomic E-state index is 0.0229. The van der Waals surface area contributed by atoms with Crippen LogP contribution in [0, 0.1) is 11.8 Å². The number of nitrogens with zero attached hydrogens (tertiary/aromatic N) is 2. The minimum Gasteiger partial charge on any atom is -0.550 e. The van der Waals surface area contributed by atoms with Crippen molar-refractivity contribution in [2.24, 2.45) is 11.8 Å². The van der Waals surface area contributed by atoms with Gasteiger partial charge in [-0.05, 0) is 36.8 Å². The van der Waals surface area contributed by atoms with Crippen LogP contribution in [0.1, 0.15) is 25.0 Å². The molecule has 1 aliphatic heterocycles. The van der Waals surface area contributed by atoms with Crippen LogP contribution < -0.4 is 10.0 Å². The second-order valence-corrected chi connectivity index (χ2v) is 7.47. The van der Waals surface area contributed by atoms with Crippen LogP contribution in [0.5, 0.6) is 0 Å². The number of quaternary nitrogens is 1. The van der Waals surface area contributed by atoms with Gasteiger partial charge in [-0.1, -0.05) is 6.07 Å². The summed E-state index contributed by atoms with van der Waals surface area (Å²) in [5.41, 5.74) is 1.08. The number of carbonyl (C=O) groups is 2. The van der Waals surface area contributed by atoms with Crippen molar-refractivity contribution in [1.82, 2.24) is 9.88 Å². The fourth-order valence-corrected chi connectivity index (χ4v) is 3.78. The predicted octanol–water partition coefficient (Wildman–Crippen LogP) is -1.22. The first-order chi connectivity index (χ1) is 13.0. The Hall–Kier alpha value is -1.99. The van der Waals surface area contributed by atoms with Crippen LogP contribution in [0.3, 0.4) is 0 Å². The van der Waals surface area contributed by atoms with Gasteiger partial charge in [0, 0.05) is 50.9 Å². The summed E-state index contributed by atoms with van der Waals surface area (Å²) in [6.07, 6.45) is 4.40. The molecule has 1 aliphatic rings. The second kappa shape index (κ2) is 11.0. The molecule has 3 atom stereocenters. The number of aromatic nitrogens is 1. The molecule has 1 amide bonds. The van der Waals surface area contributed by atoms with Gasteiger partial charge in [-0.25, -0.2) is 0 Å². The van der Waals surface area contributed by atoms with Crippen molar-refractivity contribution in [2.75, 3.05) is 46.9 Å². The third kappa shape index (κ3) is 7.27. The van der Waals surface area contributed by atoms with E-state index in [1.807, 2.05) is 29.3 Å². The SMILES string of the molecule is COCC(=O)N1CC[C@@H](CC(=O)[O-])[C@@H](CC[NH+](C)CCc2ccccn2)C1. The average Bonchev–Trinajstić information content (AvgIpc) is 2.66. The summed E-state index contributed by atoms with van der Waals surface area (Å²) in [5.74, 6) is -0.768. The Morgan fingerprint density at radius 1 is 1.33 bits per heavy atom. The van der Waals surface area contributed by atoms with E-state index in [2.05, 4.69) is 12.0 Å². The van der Waals surface area contributed by atoms with E-state index in [0.717, 1.165) is 31.6 Å². The van der Waals surface area contributed by atoms with Gasteiger partial charge in [0.25, 0.3) is 0 Å². The highest BCUT2D eigenvalue weighted by molar-refractivity contribution is 5.77. The van der Waals surface area contributed by atoms with E-state index in [0.29, 0.717) is 19.5 Å². The average molecular weight is 377 g/mol. The Kier molecular flexibility index (Phi) is 8.67. The highest BCUT2D eigenvalue weighted by Gasteiger charge is 2.31. The van der Waals surface area contributed by atoms with Crippen molar-refractivity contribution in [3.05, 3.63) is 30.1 Å². The number of ether oxygens (including phenoxy) is 1. The van der Waals surface area contributed by atoms with Gasteiger partial charge in [0.15, 0.2) is 0 Å². The molecule has 150 valence electrons. The van der Waals surface area contributed by atoms with E-state index >= 15 is 0 Å². The molecule has 7 heteroatoms. The molecule has 0 aliphatic carbocycles. The zero-order valence-corrected chi connectivity index (χ0v) is 16.4. The highest BCUT2D eigenvalue weighted by Crippen LogP contribution is 2.28. The monoisotopic (exact) mass is 377 g/mol. The van der Waals surface area contributed by atoms with Gasteiger partial charge in [0.1, 0.15) is 6.61 Å². The van der Waals surface area contributed by atoms with Crippen molar-refractivity contribution in [1.29, 1.82) is 0 Å². The third-order valence-corrected chi connectivity index (χ3v) is 5.42. The van der Waals surface area contributed by atoms with Gasteiger partial charge < -0.3 is 24.4 Å². The molecule has 2 rings (SSSR count). The number of likely N-dealkylation sites (N-methyl/N-ethyl adjacent to an activating group) is 1. The number of nitrogens with one attached hydrogen (secondary N) is 1.